The van der Waals surface area contributed by atoms with Crippen molar-refractivity contribution in [1.29, 1.82) is 0 Å². The highest BCUT2D eigenvalue weighted by molar-refractivity contribution is 9.10. The zero-order chi connectivity index (χ0) is 18.5. The van der Waals surface area contributed by atoms with E-state index < -0.39 is 11.6 Å². The average Bonchev–Trinajstić information content (AvgIpc) is 2.92. The highest BCUT2D eigenvalue weighted by Crippen LogP contribution is 2.48. The SMILES string of the molecule is CC1=C[C@]2(Nc3cc(-c4ccccc4)cc(Br)c3O2)C(C(N)=O)=C(N)O1. The van der Waals surface area contributed by atoms with E-state index in [1.165, 1.54) is 0 Å². The van der Waals surface area contributed by atoms with E-state index in [4.69, 9.17) is 20.9 Å². The summed E-state index contributed by atoms with van der Waals surface area (Å²) in [5.74, 6) is 0.289. The van der Waals surface area contributed by atoms with E-state index in [9.17, 15) is 4.79 Å². The van der Waals surface area contributed by atoms with Gasteiger partial charge in [-0.05, 0) is 46.1 Å². The Bertz CT molecular complexity index is 985. The zero-order valence-corrected chi connectivity index (χ0v) is 15.5. The summed E-state index contributed by atoms with van der Waals surface area (Å²) in [7, 11) is 0. The van der Waals surface area contributed by atoms with Crippen molar-refractivity contribution in [1.82, 2.24) is 0 Å². The van der Waals surface area contributed by atoms with Crippen molar-refractivity contribution < 1.29 is 14.3 Å². The molecule has 2 aliphatic heterocycles. The first-order chi connectivity index (χ1) is 12.4. The largest absolute Gasteiger partial charge is 0.456 e. The Kier molecular flexibility index (Phi) is 3.69. The van der Waals surface area contributed by atoms with Crippen molar-refractivity contribution in [3.63, 3.8) is 0 Å². The minimum atomic E-state index is -1.29. The van der Waals surface area contributed by atoms with Gasteiger partial charge in [0.2, 0.25) is 11.6 Å². The number of halogens is 1. The van der Waals surface area contributed by atoms with Gasteiger partial charge in [0.1, 0.15) is 11.3 Å². The van der Waals surface area contributed by atoms with Crippen molar-refractivity contribution >= 4 is 27.5 Å². The summed E-state index contributed by atoms with van der Waals surface area (Å²) in [4.78, 5) is 12.0. The number of carbonyl (C=O) groups excluding carboxylic acids is 1. The van der Waals surface area contributed by atoms with Crippen LogP contribution in [0.3, 0.4) is 0 Å². The minimum Gasteiger partial charge on any atom is -0.456 e. The summed E-state index contributed by atoms with van der Waals surface area (Å²) in [6, 6.07) is 13.9. The molecule has 2 heterocycles. The summed E-state index contributed by atoms with van der Waals surface area (Å²) < 4.78 is 12.2. The van der Waals surface area contributed by atoms with Crippen LogP contribution in [-0.4, -0.2) is 11.6 Å². The van der Waals surface area contributed by atoms with Gasteiger partial charge in [-0.15, -0.1) is 0 Å². The maximum Gasteiger partial charge on any atom is 0.256 e. The smallest absolute Gasteiger partial charge is 0.256 e. The molecule has 1 amide bonds. The molecule has 0 aromatic heterocycles. The molecule has 7 heteroatoms. The van der Waals surface area contributed by atoms with Crippen molar-refractivity contribution in [3.8, 4) is 16.9 Å². The van der Waals surface area contributed by atoms with Gasteiger partial charge in [0.15, 0.2) is 5.75 Å². The van der Waals surface area contributed by atoms with Gasteiger partial charge in [-0.2, -0.15) is 0 Å². The molecule has 2 aromatic rings. The van der Waals surface area contributed by atoms with Crippen molar-refractivity contribution in [3.05, 3.63) is 70.2 Å². The predicted molar refractivity (Wildman–Crippen MR) is 102 cm³/mol. The number of fused-ring (bicyclic) bond motifs is 1. The van der Waals surface area contributed by atoms with Crippen LogP contribution in [0.5, 0.6) is 5.75 Å². The van der Waals surface area contributed by atoms with Crippen LogP contribution in [0.15, 0.2) is 70.2 Å². The standard InChI is InChI=1S/C19H16BrN3O3/c1-10-9-19(15(17(21)24)18(22)25-10)23-14-8-12(7-13(20)16(14)26-19)11-5-3-2-4-6-11/h2-9,23H,22H2,1H3,(H2,21,24)/t19-/m1/s1. The Labute approximate surface area is 158 Å². The first-order valence-corrected chi connectivity index (χ1v) is 8.72. The van der Waals surface area contributed by atoms with E-state index in [0.29, 0.717) is 11.5 Å². The number of nitrogens with one attached hydrogen (secondary N) is 1. The number of amides is 1. The first-order valence-electron chi connectivity index (χ1n) is 7.93. The number of allylic oxidation sites excluding steroid dienone is 1. The zero-order valence-electron chi connectivity index (χ0n) is 13.9. The normalized spacial score (nSPS) is 20.8. The number of benzene rings is 2. The number of primary amides is 1. The molecule has 0 unspecified atom stereocenters. The van der Waals surface area contributed by atoms with Crippen LogP contribution < -0.4 is 21.5 Å². The van der Waals surface area contributed by atoms with Crippen LogP contribution in [-0.2, 0) is 9.53 Å². The van der Waals surface area contributed by atoms with E-state index in [2.05, 4.69) is 21.2 Å². The lowest BCUT2D eigenvalue weighted by molar-refractivity contribution is -0.116. The molecule has 2 aromatic carbocycles. The third-order valence-corrected chi connectivity index (χ3v) is 4.86. The van der Waals surface area contributed by atoms with Crippen LogP contribution in [0.4, 0.5) is 5.69 Å². The molecule has 0 saturated carbocycles. The molecule has 6 nitrogen and oxygen atoms in total. The van der Waals surface area contributed by atoms with E-state index in [-0.39, 0.29) is 11.5 Å². The molecule has 1 spiro atoms. The number of hydrogen-bond donors (Lipinski definition) is 3. The van der Waals surface area contributed by atoms with Gasteiger partial charge < -0.3 is 26.3 Å². The number of carbonyl (C=O) groups is 1. The molecule has 132 valence electrons. The third-order valence-electron chi connectivity index (χ3n) is 4.28. The molecule has 4 rings (SSSR count). The highest BCUT2D eigenvalue weighted by Gasteiger charge is 2.48. The second kappa shape index (κ2) is 5.81. The number of anilines is 1. The van der Waals surface area contributed by atoms with E-state index in [1.54, 1.807) is 13.0 Å². The predicted octanol–water partition coefficient (Wildman–Crippen LogP) is 3.21. The fourth-order valence-corrected chi connectivity index (χ4v) is 3.79. The van der Waals surface area contributed by atoms with Gasteiger partial charge in [-0.25, -0.2) is 0 Å². The monoisotopic (exact) mass is 413 g/mol. The van der Waals surface area contributed by atoms with Crippen LogP contribution in [0.2, 0.25) is 0 Å². The van der Waals surface area contributed by atoms with Crippen molar-refractivity contribution in [2.45, 2.75) is 12.6 Å². The van der Waals surface area contributed by atoms with Crippen LogP contribution in [0, 0.1) is 0 Å². The molecule has 0 radical (unpaired) electrons. The lowest BCUT2D eigenvalue weighted by Gasteiger charge is -2.31. The van der Waals surface area contributed by atoms with Gasteiger partial charge in [-0.1, -0.05) is 30.3 Å². The van der Waals surface area contributed by atoms with Crippen molar-refractivity contribution in [2.75, 3.05) is 5.32 Å². The van der Waals surface area contributed by atoms with Gasteiger partial charge in [0.05, 0.1) is 10.2 Å². The Morgan fingerprint density at radius 2 is 1.92 bits per heavy atom. The summed E-state index contributed by atoms with van der Waals surface area (Å²) in [6.45, 7) is 1.73. The average molecular weight is 414 g/mol. The van der Waals surface area contributed by atoms with Crippen LogP contribution >= 0.6 is 15.9 Å². The van der Waals surface area contributed by atoms with Crippen LogP contribution in [0.1, 0.15) is 6.92 Å². The topological polar surface area (TPSA) is 99.6 Å². The second-order valence-corrected chi connectivity index (χ2v) is 6.98. The maximum absolute atomic E-state index is 12.0. The Hall–Kier alpha value is -2.93. The van der Waals surface area contributed by atoms with Crippen molar-refractivity contribution in [2.24, 2.45) is 11.5 Å². The maximum atomic E-state index is 12.0. The quantitative estimate of drug-likeness (QED) is 0.701. The molecule has 0 bridgehead atoms. The third kappa shape index (κ3) is 2.52. The molecule has 0 fully saturated rings. The van der Waals surface area contributed by atoms with Gasteiger partial charge in [0.25, 0.3) is 5.91 Å². The lowest BCUT2D eigenvalue weighted by atomic mass is 9.99. The Morgan fingerprint density at radius 3 is 2.62 bits per heavy atom. The molecule has 5 N–H and O–H groups in total. The summed E-state index contributed by atoms with van der Waals surface area (Å²) >= 11 is 3.55. The molecular formula is C19H16BrN3O3. The molecule has 0 aliphatic carbocycles. The number of nitrogens with two attached hydrogens (primary N) is 2. The molecule has 2 aliphatic rings. The number of ether oxygens (including phenoxy) is 2. The summed E-state index contributed by atoms with van der Waals surface area (Å²) in [6.07, 6.45) is 1.65. The first kappa shape index (κ1) is 16.5. The fourth-order valence-electron chi connectivity index (χ4n) is 3.25. The number of rotatable bonds is 2. The Morgan fingerprint density at radius 1 is 1.19 bits per heavy atom. The molecular weight excluding hydrogens is 398 g/mol. The number of hydrogen-bond acceptors (Lipinski definition) is 5. The van der Waals surface area contributed by atoms with E-state index in [1.807, 2.05) is 42.5 Å². The van der Waals surface area contributed by atoms with E-state index >= 15 is 0 Å². The summed E-state index contributed by atoms with van der Waals surface area (Å²) in [5, 5.41) is 3.25. The van der Waals surface area contributed by atoms with Crippen LogP contribution in [0.25, 0.3) is 11.1 Å². The Balaban J connectivity index is 1.83. The van der Waals surface area contributed by atoms with Gasteiger partial charge in [-0.3, -0.25) is 4.79 Å². The fraction of sp³-hybridized carbons (Fsp3) is 0.105. The highest BCUT2D eigenvalue weighted by atomic mass is 79.9. The van der Waals surface area contributed by atoms with Gasteiger partial charge in [0, 0.05) is 6.08 Å². The lowest BCUT2D eigenvalue weighted by Crippen LogP contribution is -2.48. The molecule has 26 heavy (non-hydrogen) atoms. The second-order valence-electron chi connectivity index (χ2n) is 6.12. The summed E-state index contributed by atoms with van der Waals surface area (Å²) in [5.41, 5.74) is 12.9. The molecule has 0 saturated heterocycles. The van der Waals surface area contributed by atoms with Gasteiger partial charge >= 0.3 is 0 Å². The minimum absolute atomic E-state index is 0.0347. The molecule has 1 atom stereocenters. The van der Waals surface area contributed by atoms with E-state index in [0.717, 1.165) is 21.3 Å².